The van der Waals surface area contributed by atoms with Crippen LogP contribution in [0.25, 0.3) is 11.5 Å². The fourth-order valence-corrected chi connectivity index (χ4v) is 3.78. The summed E-state index contributed by atoms with van der Waals surface area (Å²) in [4.78, 5) is 30.5. The molecule has 0 spiro atoms. The van der Waals surface area contributed by atoms with Gasteiger partial charge >= 0.3 is 5.97 Å². The smallest absolute Gasteiger partial charge is 0.314 e. The number of aryl methyl sites for hydroxylation is 1. The molecule has 0 saturated carbocycles. The SMILES string of the molecule is Cc1oc(-c2ccc(Cl)cc2)nc1C(=O)N1C[C@@H]2COC[C@]2(C(=O)O)C1. The zero-order valence-corrected chi connectivity index (χ0v) is 14.8. The van der Waals surface area contributed by atoms with Gasteiger partial charge in [0.05, 0.1) is 13.2 Å². The normalized spacial score (nSPS) is 24.7. The number of carboxylic acids is 1. The first-order chi connectivity index (χ1) is 12.4. The average Bonchev–Trinajstić information content (AvgIpc) is 3.27. The van der Waals surface area contributed by atoms with Crippen molar-refractivity contribution in [2.45, 2.75) is 6.92 Å². The molecule has 2 saturated heterocycles. The van der Waals surface area contributed by atoms with E-state index in [1.54, 1.807) is 31.2 Å². The Bertz CT molecular complexity index is 878. The topological polar surface area (TPSA) is 92.9 Å². The van der Waals surface area contributed by atoms with Crippen LogP contribution < -0.4 is 0 Å². The third-order valence-corrected chi connectivity index (χ3v) is 5.43. The Morgan fingerprint density at radius 3 is 2.73 bits per heavy atom. The molecular weight excluding hydrogens is 360 g/mol. The van der Waals surface area contributed by atoms with Crippen LogP contribution in [0.5, 0.6) is 0 Å². The Morgan fingerprint density at radius 2 is 2.08 bits per heavy atom. The van der Waals surface area contributed by atoms with Gasteiger partial charge in [-0.3, -0.25) is 9.59 Å². The quantitative estimate of drug-likeness (QED) is 0.884. The molecule has 2 atom stereocenters. The molecule has 136 valence electrons. The predicted molar refractivity (Wildman–Crippen MR) is 92.0 cm³/mol. The molecule has 2 aliphatic rings. The van der Waals surface area contributed by atoms with Gasteiger partial charge in [0.2, 0.25) is 5.89 Å². The highest BCUT2D eigenvalue weighted by molar-refractivity contribution is 6.30. The molecule has 1 amide bonds. The number of rotatable bonds is 3. The van der Waals surface area contributed by atoms with Gasteiger partial charge in [0.1, 0.15) is 11.2 Å². The lowest BCUT2D eigenvalue weighted by molar-refractivity contribution is -0.149. The summed E-state index contributed by atoms with van der Waals surface area (Å²) in [6.07, 6.45) is 0. The minimum Gasteiger partial charge on any atom is -0.481 e. The third kappa shape index (κ3) is 2.59. The van der Waals surface area contributed by atoms with E-state index in [0.717, 1.165) is 0 Å². The summed E-state index contributed by atoms with van der Waals surface area (Å²) in [5.74, 6) is -0.710. The van der Waals surface area contributed by atoms with E-state index in [-0.39, 0.29) is 30.7 Å². The molecule has 26 heavy (non-hydrogen) atoms. The van der Waals surface area contributed by atoms with Crippen LogP contribution in [0.4, 0.5) is 0 Å². The minimum absolute atomic E-state index is 0.119. The van der Waals surface area contributed by atoms with E-state index in [9.17, 15) is 14.7 Å². The number of carbonyl (C=O) groups is 2. The third-order valence-electron chi connectivity index (χ3n) is 5.18. The maximum absolute atomic E-state index is 12.9. The predicted octanol–water partition coefficient (Wildman–Crippen LogP) is 2.48. The van der Waals surface area contributed by atoms with Crippen LogP contribution in [0.3, 0.4) is 0 Å². The lowest BCUT2D eigenvalue weighted by atomic mass is 9.81. The number of ether oxygens (including phenoxy) is 1. The first-order valence-electron chi connectivity index (χ1n) is 8.24. The van der Waals surface area contributed by atoms with Gasteiger partial charge in [0, 0.05) is 29.6 Å². The van der Waals surface area contributed by atoms with Gasteiger partial charge in [-0.2, -0.15) is 0 Å². The highest BCUT2D eigenvalue weighted by atomic mass is 35.5. The molecule has 0 bridgehead atoms. The maximum Gasteiger partial charge on any atom is 0.314 e. The molecule has 0 aliphatic carbocycles. The van der Waals surface area contributed by atoms with E-state index in [2.05, 4.69) is 4.98 Å². The number of fused-ring (bicyclic) bond motifs is 1. The molecule has 2 aromatic rings. The zero-order valence-electron chi connectivity index (χ0n) is 14.1. The monoisotopic (exact) mass is 376 g/mol. The van der Waals surface area contributed by atoms with Crippen molar-refractivity contribution in [2.75, 3.05) is 26.3 Å². The number of hydrogen-bond acceptors (Lipinski definition) is 5. The summed E-state index contributed by atoms with van der Waals surface area (Å²) >= 11 is 5.89. The van der Waals surface area contributed by atoms with Crippen molar-refractivity contribution < 1.29 is 23.8 Å². The molecule has 3 heterocycles. The molecule has 4 rings (SSSR count). The van der Waals surface area contributed by atoms with Gasteiger partial charge in [-0.1, -0.05) is 11.6 Å². The Balaban J connectivity index is 1.60. The second kappa shape index (κ2) is 6.10. The van der Waals surface area contributed by atoms with Crippen LogP contribution >= 0.6 is 11.6 Å². The molecule has 0 unspecified atom stereocenters. The van der Waals surface area contributed by atoms with Gasteiger partial charge in [-0.15, -0.1) is 0 Å². The van der Waals surface area contributed by atoms with E-state index in [1.165, 1.54) is 4.90 Å². The van der Waals surface area contributed by atoms with Crippen LogP contribution in [0, 0.1) is 18.3 Å². The largest absolute Gasteiger partial charge is 0.481 e. The molecule has 2 aliphatic heterocycles. The number of likely N-dealkylation sites (tertiary alicyclic amines) is 1. The summed E-state index contributed by atoms with van der Waals surface area (Å²) in [5, 5.41) is 10.2. The van der Waals surface area contributed by atoms with E-state index in [1.807, 2.05) is 0 Å². The number of aliphatic carboxylic acids is 1. The summed E-state index contributed by atoms with van der Waals surface area (Å²) in [7, 11) is 0. The molecule has 7 nitrogen and oxygen atoms in total. The number of halogens is 1. The van der Waals surface area contributed by atoms with Crippen LogP contribution in [0.15, 0.2) is 28.7 Å². The number of carbonyl (C=O) groups excluding carboxylic acids is 1. The second-order valence-corrected chi connectivity index (χ2v) is 7.23. The lowest BCUT2D eigenvalue weighted by Crippen LogP contribution is -2.40. The molecule has 1 aromatic heterocycles. The Morgan fingerprint density at radius 1 is 1.35 bits per heavy atom. The number of amides is 1. The Labute approximate surface area is 154 Å². The van der Waals surface area contributed by atoms with E-state index >= 15 is 0 Å². The molecule has 8 heteroatoms. The van der Waals surface area contributed by atoms with Gasteiger partial charge in [-0.25, -0.2) is 4.98 Å². The maximum atomic E-state index is 12.9. The number of benzene rings is 1. The molecule has 0 radical (unpaired) electrons. The van der Waals surface area contributed by atoms with E-state index < -0.39 is 11.4 Å². The van der Waals surface area contributed by atoms with E-state index in [0.29, 0.717) is 35.4 Å². The highest BCUT2D eigenvalue weighted by Gasteiger charge is 2.57. The van der Waals surface area contributed by atoms with Crippen molar-refractivity contribution in [1.29, 1.82) is 0 Å². The number of nitrogens with zero attached hydrogens (tertiary/aromatic N) is 2. The van der Waals surface area contributed by atoms with Crippen molar-refractivity contribution in [3.05, 3.63) is 40.7 Å². The van der Waals surface area contributed by atoms with Crippen LogP contribution in [-0.4, -0.2) is 53.2 Å². The summed E-state index contributed by atoms with van der Waals surface area (Å²) in [6.45, 7) is 2.61. The standard InChI is InChI=1S/C18H17ClN2O5/c1-10-14(20-15(26-10)11-2-4-13(19)5-3-11)16(22)21-6-12-7-25-9-18(12,8-21)17(23)24/h2-5,12H,6-9H2,1H3,(H,23,24)/t12-,18-/m1/s1. The second-order valence-electron chi connectivity index (χ2n) is 6.79. The lowest BCUT2D eigenvalue weighted by Gasteiger charge is -2.21. The van der Waals surface area contributed by atoms with Crippen molar-refractivity contribution in [3.8, 4) is 11.5 Å². The number of hydrogen-bond donors (Lipinski definition) is 1. The van der Waals surface area contributed by atoms with Crippen molar-refractivity contribution in [1.82, 2.24) is 9.88 Å². The first-order valence-corrected chi connectivity index (χ1v) is 8.62. The molecule has 2 fully saturated rings. The van der Waals surface area contributed by atoms with Crippen LogP contribution in [-0.2, 0) is 9.53 Å². The Hall–Kier alpha value is -2.38. The Kier molecular flexibility index (Phi) is 4.00. The van der Waals surface area contributed by atoms with Gasteiger partial charge in [0.15, 0.2) is 5.69 Å². The van der Waals surface area contributed by atoms with Crippen molar-refractivity contribution in [2.24, 2.45) is 11.3 Å². The fourth-order valence-electron chi connectivity index (χ4n) is 3.65. The first kappa shape index (κ1) is 17.1. The highest BCUT2D eigenvalue weighted by Crippen LogP contribution is 2.42. The number of oxazole rings is 1. The molecular formula is C18H17ClN2O5. The van der Waals surface area contributed by atoms with Gasteiger partial charge < -0.3 is 19.2 Å². The average molecular weight is 377 g/mol. The summed E-state index contributed by atoms with van der Waals surface area (Å²) in [6, 6.07) is 6.96. The number of carboxylic acid groups (broad SMARTS) is 1. The van der Waals surface area contributed by atoms with Crippen LogP contribution in [0.2, 0.25) is 5.02 Å². The van der Waals surface area contributed by atoms with Crippen molar-refractivity contribution in [3.63, 3.8) is 0 Å². The fraction of sp³-hybridized carbons (Fsp3) is 0.389. The van der Waals surface area contributed by atoms with Crippen molar-refractivity contribution >= 4 is 23.5 Å². The summed E-state index contributed by atoms with van der Waals surface area (Å²) < 4.78 is 11.0. The number of aromatic nitrogens is 1. The molecule has 1 N–H and O–H groups in total. The summed E-state index contributed by atoms with van der Waals surface area (Å²) in [5.41, 5.74) is -0.103. The minimum atomic E-state index is -1.02. The zero-order chi connectivity index (χ0) is 18.5. The van der Waals surface area contributed by atoms with E-state index in [4.69, 9.17) is 20.8 Å². The van der Waals surface area contributed by atoms with Gasteiger partial charge in [-0.05, 0) is 31.2 Å². The van der Waals surface area contributed by atoms with Gasteiger partial charge in [0.25, 0.3) is 5.91 Å². The molecule has 1 aromatic carbocycles. The van der Waals surface area contributed by atoms with Crippen LogP contribution in [0.1, 0.15) is 16.2 Å².